The van der Waals surface area contributed by atoms with E-state index in [1.807, 2.05) is 27.7 Å². The Balaban J connectivity index is 2.80. The Morgan fingerprint density at radius 2 is 1.41 bits per heavy atom. The van der Waals surface area contributed by atoms with Gasteiger partial charge in [0.15, 0.2) is 11.5 Å². The lowest BCUT2D eigenvalue weighted by Gasteiger charge is -2.17. The molecule has 0 aliphatic carbocycles. The van der Waals surface area contributed by atoms with Gasteiger partial charge in [-0.1, -0.05) is 65.9 Å². The maximum absolute atomic E-state index is 12.5. The highest BCUT2D eigenvalue weighted by atomic mass is 16.6. The van der Waals surface area contributed by atoms with Gasteiger partial charge in [0.25, 0.3) is 0 Å². The van der Waals surface area contributed by atoms with Crippen molar-refractivity contribution in [1.82, 2.24) is 0 Å². The van der Waals surface area contributed by atoms with Crippen molar-refractivity contribution in [3.63, 3.8) is 0 Å². The molecule has 1 aromatic carbocycles. The van der Waals surface area contributed by atoms with Crippen molar-refractivity contribution < 1.29 is 38.1 Å². The first-order valence-corrected chi connectivity index (χ1v) is 14.2. The van der Waals surface area contributed by atoms with Gasteiger partial charge in [-0.15, -0.1) is 0 Å². The number of hydrogen-bond donors (Lipinski definition) is 1. The largest absolute Gasteiger partial charge is 0.461 e. The molecule has 0 radical (unpaired) electrons. The summed E-state index contributed by atoms with van der Waals surface area (Å²) in [6.07, 6.45) is 6.38. The number of unbranched alkanes of at least 4 members (excludes halogenated alkanes) is 4. The molecule has 9 nitrogen and oxygen atoms in total. The number of carbonyl (C=O) groups is 4. The molecule has 0 saturated carbocycles. The van der Waals surface area contributed by atoms with E-state index in [-0.39, 0.29) is 49.3 Å². The Hall–Kier alpha value is -2.94. The highest BCUT2D eigenvalue weighted by Gasteiger charge is 2.21. The predicted molar refractivity (Wildman–Crippen MR) is 148 cm³/mol. The van der Waals surface area contributed by atoms with Crippen LogP contribution in [-0.4, -0.2) is 42.6 Å². The zero-order valence-corrected chi connectivity index (χ0v) is 24.3. The molecule has 0 spiro atoms. The number of nitrogens with two attached hydrogens (primary N) is 1. The minimum atomic E-state index is -0.997. The molecule has 0 bridgehead atoms. The fourth-order valence-electron chi connectivity index (χ4n) is 3.61. The van der Waals surface area contributed by atoms with Gasteiger partial charge in [0.1, 0.15) is 18.8 Å². The molecule has 1 unspecified atom stereocenters. The maximum Gasteiger partial charge on any atom is 0.323 e. The van der Waals surface area contributed by atoms with Crippen LogP contribution in [0.2, 0.25) is 0 Å². The number of carbonyl (C=O) groups excluding carboxylic acids is 4. The zero-order valence-electron chi connectivity index (χ0n) is 24.3. The van der Waals surface area contributed by atoms with Gasteiger partial charge in [0, 0.05) is 19.3 Å². The molecule has 0 saturated heterocycles. The number of rotatable bonds is 19. The smallest absolute Gasteiger partial charge is 0.323 e. The minimum Gasteiger partial charge on any atom is -0.461 e. The summed E-state index contributed by atoms with van der Waals surface area (Å²) in [7, 11) is 0. The van der Waals surface area contributed by atoms with Crippen LogP contribution in [0.3, 0.4) is 0 Å². The Morgan fingerprint density at radius 3 is 1.97 bits per heavy atom. The second-order valence-electron chi connectivity index (χ2n) is 10.1. The van der Waals surface area contributed by atoms with Crippen LogP contribution in [0.25, 0.3) is 0 Å². The average molecular weight is 550 g/mol. The fraction of sp³-hybridized carbons (Fsp3) is 0.667. The van der Waals surface area contributed by atoms with Gasteiger partial charge < -0.3 is 24.7 Å². The number of esters is 4. The van der Waals surface area contributed by atoms with Gasteiger partial charge in [-0.2, -0.15) is 0 Å². The highest BCUT2D eigenvalue weighted by molar-refractivity contribution is 5.77. The normalized spacial score (nSPS) is 13.2. The monoisotopic (exact) mass is 549 g/mol. The van der Waals surface area contributed by atoms with Crippen LogP contribution in [-0.2, 0) is 35.1 Å². The van der Waals surface area contributed by atoms with E-state index in [0.29, 0.717) is 24.8 Å². The summed E-state index contributed by atoms with van der Waals surface area (Å²) >= 11 is 0. The van der Waals surface area contributed by atoms with E-state index in [9.17, 15) is 19.2 Å². The minimum absolute atomic E-state index is 0.103. The van der Waals surface area contributed by atoms with E-state index < -0.39 is 30.1 Å². The Labute approximate surface area is 233 Å². The molecule has 0 aromatic heterocycles. The van der Waals surface area contributed by atoms with Crippen molar-refractivity contribution in [2.75, 3.05) is 6.61 Å². The highest BCUT2D eigenvalue weighted by Crippen LogP contribution is 2.30. The van der Waals surface area contributed by atoms with E-state index in [2.05, 4.69) is 0 Å². The molecule has 39 heavy (non-hydrogen) atoms. The molecule has 1 aromatic rings. The standard InChI is InChI=1S/C30H47NO8/c1-6-9-11-13-27(32)38-25-16-15-23(19-26(25)39-28(33)14-12-10-7-2)18-24(31)30(35)36-20-22(5)37-29(34)17-21(4)8-3/h15-16,19,21-22,24H,6-14,17-18,20,31H2,1-5H3/t21?,22-,24-/m0/s1. The van der Waals surface area contributed by atoms with Crippen LogP contribution in [0, 0.1) is 5.92 Å². The fourth-order valence-corrected chi connectivity index (χ4v) is 3.61. The van der Waals surface area contributed by atoms with Crippen LogP contribution in [0.5, 0.6) is 11.5 Å². The zero-order chi connectivity index (χ0) is 29.2. The second-order valence-corrected chi connectivity index (χ2v) is 10.1. The summed E-state index contributed by atoms with van der Waals surface area (Å²) in [5.74, 6) is -1.33. The molecular weight excluding hydrogens is 502 g/mol. The quantitative estimate of drug-likeness (QED) is 0.136. The molecule has 0 heterocycles. The Kier molecular flexibility index (Phi) is 16.8. The second kappa shape index (κ2) is 19.2. The first-order chi connectivity index (χ1) is 18.6. The average Bonchev–Trinajstić information content (AvgIpc) is 2.88. The van der Waals surface area contributed by atoms with Gasteiger partial charge in [0.05, 0.1) is 0 Å². The molecule has 0 fully saturated rings. The van der Waals surface area contributed by atoms with E-state index in [4.69, 9.17) is 24.7 Å². The van der Waals surface area contributed by atoms with Crippen molar-refractivity contribution in [3.8, 4) is 11.5 Å². The maximum atomic E-state index is 12.5. The van der Waals surface area contributed by atoms with Crippen molar-refractivity contribution in [2.24, 2.45) is 11.7 Å². The van der Waals surface area contributed by atoms with E-state index in [1.54, 1.807) is 25.1 Å². The van der Waals surface area contributed by atoms with Gasteiger partial charge in [-0.3, -0.25) is 19.2 Å². The molecule has 2 N–H and O–H groups in total. The van der Waals surface area contributed by atoms with Gasteiger partial charge in [0.2, 0.25) is 0 Å². The van der Waals surface area contributed by atoms with Gasteiger partial charge >= 0.3 is 23.9 Å². The molecule has 0 amide bonds. The summed E-state index contributed by atoms with van der Waals surface area (Å²) in [4.78, 5) is 49.1. The topological polar surface area (TPSA) is 131 Å². The first-order valence-electron chi connectivity index (χ1n) is 14.2. The van der Waals surface area contributed by atoms with Crippen LogP contribution >= 0.6 is 0 Å². The summed E-state index contributed by atoms with van der Waals surface area (Å²) in [5, 5.41) is 0. The Morgan fingerprint density at radius 1 is 0.821 bits per heavy atom. The summed E-state index contributed by atoms with van der Waals surface area (Å²) in [6, 6.07) is 3.76. The van der Waals surface area contributed by atoms with Gasteiger partial charge in [-0.05, 0) is 49.8 Å². The van der Waals surface area contributed by atoms with Crippen LogP contribution in [0.4, 0.5) is 0 Å². The summed E-state index contributed by atoms with van der Waals surface area (Å²) in [6.45, 7) is 9.60. The molecule has 220 valence electrons. The molecule has 0 aliphatic heterocycles. The van der Waals surface area contributed by atoms with Crippen LogP contribution < -0.4 is 15.2 Å². The van der Waals surface area contributed by atoms with Gasteiger partial charge in [-0.25, -0.2) is 0 Å². The van der Waals surface area contributed by atoms with E-state index >= 15 is 0 Å². The molecule has 9 heteroatoms. The number of hydrogen-bond acceptors (Lipinski definition) is 9. The van der Waals surface area contributed by atoms with Crippen LogP contribution in [0.15, 0.2) is 18.2 Å². The van der Waals surface area contributed by atoms with Crippen molar-refractivity contribution in [3.05, 3.63) is 23.8 Å². The third kappa shape index (κ3) is 14.7. The van der Waals surface area contributed by atoms with E-state index in [0.717, 1.165) is 32.1 Å². The lowest BCUT2D eigenvalue weighted by molar-refractivity contribution is -0.159. The summed E-state index contributed by atoms with van der Waals surface area (Å²) in [5.41, 5.74) is 6.67. The van der Waals surface area contributed by atoms with Crippen LogP contribution in [0.1, 0.15) is 104 Å². The number of ether oxygens (including phenoxy) is 4. The van der Waals surface area contributed by atoms with Crippen molar-refractivity contribution in [2.45, 2.75) is 117 Å². The SMILES string of the molecule is CCCCCC(=O)Oc1ccc(C[C@H](N)C(=O)OC[C@H](C)OC(=O)CC(C)CC)cc1OC(=O)CCCCC. The molecule has 3 atom stereocenters. The molecule has 0 aliphatic rings. The Bertz CT molecular complexity index is 916. The third-order valence-electron chi connectivity index (χ3n) is 6.19. The molecular formula is C30H47NO8. The first kappa shape index (κ1) is 34.1. The molecule has 1 rings (SSSR count). The van der Waals surface area contributed by atoms with Crippen molar-refractivity contribution in [1.29, 1.82) is 0 Å². The summed E-state index contributed by atoms with van der Waals surface area (Å²) < 4.78 is 21.5. The van der Waals surface area contributed by atoms with E-state index in [1.165, 1.54) is 0 Å². The lowest BCUT2D eigenvalue weighted by Crippen LogP contribution is -2.36. The third-order valence-corrected chi connectivity index (χ3v) is 6.19. The number of benzene rings is 1. The lowest BCUT2D eigenvalue weighted by atomic mass is 10.1. The predicted octanol–water partition coefficient (Wildman–Crippen LogP) is 5.44. The van der Waals surface area contributed by atoms with Crippen molar-refractivity contribution >= 4 is 23.9 Å².